The number of ether oxygens (including phenoxy) is 1. The minimum Gasteiger partial charge on any atom is -0.491 e. The van der Waals surface area contributed by atoms with Crippen LogP contribution >= 0.6 is 0 Å². The second-order valence-electron chi connectivity index (χ2n) is 7.98. The quantitative estimate of drug-likeness (QED) is 0.731. The molecule has 1 heterocycles. The van der Waals surface area contributed by atoms with Gasteiger partial charge < -0.3 is 10.1 Å². The lowest BCUT2D eigenvalue weighted by Crippen LogP contribution is -2.48. The van der Waals surface area contributed by atoms with Gasteiger partial charge in [-0.05, 0) is 69.0 Å². The lowest BCUT2D eigenvalue weighted by molar-refractivity contribution is -0.126. The van der Waals surface area contributed by atoms with Gasteiger partial charge in [0.1, 0.15) is 12.4 Å². The first kappa shape index (κ1) is 22.3. The van der Waals surface area contributed by atoms with E-state index in [-0.39, 0.29) is 29.3 Å². The Morgan fingerprint density at radius 3 is 2.60 bits per heavy atom. The van der Waals surface area contributed by atoms with Crippen molar-refractivity contribution >= 4 is 15.9 Å². The summed E-state index contributed by atoms with van der Waals surface area (Å²) in [6.45, 7) is 6.96. The molecule has 0 saturated carbocycles. The smallest absolute Gasteiger partial charge is 0.243 e. The second-order valence-corrected chi connectivity index (χ2v) is 9.92. The molecule has 0 unspecified atom stereocenters. The maximum Gasteiger partial charge on any atom is 0.243 e. The molecule has 2 aromatic carbocycles. The molecule has 0 aromatic heterocycles. The number of benzene rings is 2. The van der Waals surface area contributed by atoms with Gasteiger partial charge in [0.2, 0.25) is 15.9 Å². The maximum atomic E-state index is 12.9. The molecule has 2 aromatic rings. The number of nitrogens with one attached hydrogen (secondary N) is 1. The van der Waals surface area contributed by atoms with Crippen LogP contribution in [0.5, 0.6) is 5.75 Å². The van der Waals surface area contributed by atoms with Crippen LogP contribution in [-0.2, 0) is 14.8 Å². The minimum atomic E-state index is -3.58. The summed E-state index contributed by atoms with van der Waals surface area (Å²) in [6, 6.07) is 14.1. The summed E-state index contributed by atoms with van der Waals surface area (Å²) in [5, 5.41) is 2.97. The molecule has 1 aliphatic rings. The van der Waals surface area contributed by atoms with Gasteiger partial charge in [0.25, 0.3) is 0 Å². The fourth-order valence-corrected chi connectivity index (χ4v) is 5.09. The van der Waals surface area contributed by atoms with E-state index in [1.165, 1.54) is 9.87 Å². The summed E-state index contributed by atoms with van der Waals surface area (Å²) in [7, 11) is -3.58. The number of nitrogens with zero attached hydrogens (tertiary/aromatic N) is 1. The zero-order chi connectivity index (χ0) is 21.7. The lowest BCUT2D eigenvalue weighted by atomic mass is 9.98. The molecule has 1 amide bonds. The molecule has 0 aliphatic carbocycles. The van der Waals surface area contributed by atoms with E-state index in [1.807, 2.05) is 39.0 Å². The van der Waals surface area contributed by atoms with Gasteiger partial charge in [0.15, 0.2) is 0 Å². The summed E-state index contributed by atoms with van der Waals surface area (Å²) < 4.78 is 33.0. The molecule has 1 aliphatic heterocycles. The third-order valence-corrected chi connectivity index (χ3v) is 7.38. The Bertz CT molecular complexity index is 976. The van der Waals surface area contributed by atoms with Crippen molar-refractivity contribution in [2.75, 3.05) is 19.7 Å². The number of sulfonamides is 1. The van der Waals surface area contributed by atoms with Gasteiger partial charge in [-0.25, -0.2) is 8.42 Å². The Kier molecular flexibility index (Phi) is 7.15. The Morgan fingerprint density at radius 2 is 1.90 bits per heavy atom. The average molecular weight is 431 g/mol. The number of rotatable bonds is 7. The molecule has 3 rings (SSSR count). The molecule has 2 atom stereocenters. The van der Waals surface area contributed by atoms with Gasteiger partial charge in [0.05, 0.1) is 16.9 Å². The van der Waals surface area contributed by atoms with Crippen LogP contribution in [0.3, 0.4) is 0 Å². The molecule has 30 heavy (non-hydrogen) atoms. The van der Waals surface area contributed by atoms with Crippen molar-refractivity contribution in [2.24, 2.45) is 5.92 Å². The number of carbonyl (C=O) groups is 1. The summed E-state index contributed by atoms with van der Waals surface area (Å²) in [6.07, 6.45) is 1.34. The Balaban J connectivity index is 1.55. The predicted octanol–water partition coefficient (Wildman–Crippen LogP) is 3.29. The van der Waals surface area contributed by atoms with Gasteiger partial charge in [0, 0.05) is 13.1 Å². The van der Waals surface area contributed by atoms with E-state index in [1.54, 1.807) is 30.3 Å². The third-order valence-electron chi connectivity index (χ3n) is 5.50. The van der Waals surface area contributed by atoms with Gasteiger partial charge in [-0.15, -0.1) is 0 Å². The highest BCUT2D eigenvalue weighted by Crippen LogP contribution is 2.24. The second kappa shape index (κ2) is 9.62. The Labute approximate surface area is 179 Å². The van der Waals surface area contributed by atoms with Crippen LogP contribution in [0.1, 0.15) is 30.9 Å². The highest BCUT2D eigenvalue weighted by atomic mass is 32.2. The van der Waals surface area contributed by atoms with E-state index < -0.39 is 10.0 Å². The van der Waals surface area contributed by atoms with E-state index in [2.05, 4.69) is 5.32 Å². The largest absolute Gasteiger partial charge is 0.491 e. The first-order chi connectivity index (χ1) is 14.3. The lowest BCUT2D eigenvalue weighted by Gasteiger charge is -2.31. The fraction of sp³-hybridized carbons (Fsp3) is 0.435. The highest BCUT2D eigenvalue weighted by molar-refractivity contribution is 7.89. The molecule has 1 fully saturated rings. The summed E-state index contributed by atoms with van der Waals surface area (Å²) in [5.74, 6) is 0.289. The molecule has 6 nitrogen and oxygen atoms in total. The van der Waals surface area contributed by atoms with E-state index in [9.17, 15) is 13.2 Å². The van der Waals surface area contributed by atoms with Crippen LogP contribution in [0.25, 0.3) is 0 Å². The third kappa shape index (κ3) is 5.40. The van der Waals surface area contributed by atoms with Crippen molar-refractivity contribution in [3.63, 3.8) is 0 Å². The van der Waals surface area contributed by atoms with Crippen LogP contribution in [0, 0.1) is 19.8 Å². The molecule has 0 spiro atoms. The average Bonchev–Trinajstić information content (AvgIpc) is 2.75. The van der Waals surface area contributed by atoms with E-state index in [0.29, 0.717) is 26.0 Å². The molecular formula is C23H30N2O4S. The number of aryl methyl sites for hydroxylation is 2. The number of amides is 1. The van der Waals surface area contributed by atoms with E-state index >= 15 is 0 Å². The zero-order valence-electron chi connectivity index (χ0n) is 17.8. The van der Waals surface area contributed by atoms with Crippen LogP contribution in [0.15, 0.2) is 53.4 Å². The van der Waals surface area contributed by atoms with Crippen LogP contribution in [0.4, 0.5) is 0 Å². The van der Waals surface area contributed by atoms with Gasteiger partial charge in [-0.1, -0.05) is 24.3 Å². The highest BCUT2D eigenvalue weighted by Gasteiger charge is 2.33. The van der Waals surface area contributed by atoms with Gasteiger partial charge >= 0.3 is 0 Å². The first-order valence-corrected chi connectivity index (χ1v) is 11.8. The number of hydrogen-bond donors (Lipinski definition) is 1. The Morgan fingerprint density at radius 1 is 1.17 bits per heavy atom. The molecular weight excluding hydrogens is 400 g/mol. The van der Waals surface area contributed by atoms with E-state index in [0.717, 1.165) is 11.3 Å². The summed E-state index contributed by atoms with van der Waals surface area (Å²) in [5.41, 5.74) is 2.36. The number of carbonyl (C=O) groups excluding carboxylic acids is 1. The van der Waals surface area contributed by atoms with Crippen molar-refractivity contribution in [3.8, 4) is 5.75 Å². The van der Waals surface area contributed by atoms with Gasteiger partial charge in [-0.3, -0.25) is 4.79 Å². The standard InChI is InChI=1S/C23H30N2O4S/c1-17-11-12-21(14-18(17)2)29-16-19(3)24-23(26)20-8-7-13-25(15-20)30(27,28)22-9-5-4-6-10-22/h4-6,9-12,14,19-20H,7-8,13,15-16H2,1-3H3,(H,24,26)/t19-,20+/m0/s1. The van der Waals surface area contributed by atoms with Crippen molar-refractivity contribution in [1.82, 2.24) is 9.62 Å². The first-order valence-electron chi connectivity index (χ1n) is 10.3. The monoisotopic (exact) mass is 430 g/mol. The Hall–Kier alpha value is -2.38. The van der Waals surface area contributed by atoms with Crippen molar-refractivity contribution < 1.29 is 17.9 Å². The SMILES string of the molecule is Cc1ccc(OC[C@H](C)NC(=O)[C@@H]2CCCN(S(=O)(=O)c3ccccc3)C2)cc1C. The van der Waals surface area contributed by atoms with Crippen LogP contribution < -0.4 is 10.1 Å². The zero-order valence-corrected chi connectivity index (χ0v) is 18.6. The molecule has 1 N–H and O–H groups in total. The van der Waals surface area contributed by atoms with Gasteiger partial charge in [-0.2, -0.15) is 4.31 Å². The molecule has 1 saturated heterocycles. The predicted molar refractivity (Wildman–Crippen MR) is 117 cm³/mol. The van der Waals surface area contributed by atoms with Crippen LogP contribution in [0.2, 0.25) is 0 Å². The number of piperidine rings is 1. The number of hydrogen-bond acceptors (Lipinski definition) is 4. The minimum absolute atomic E-state index is 0.126. The molecule has 162 valence electrons. The molecule has 0 bridgehead atoms. The van der Waals surface area contributed by atoms with Crippen molar-refractivity contribution in [1.29, 1.82) is 0 Å². The molecule has 0 radical (unpaired) electrons. The fourth-order valence-electron chi connectivity index (χ4n) is 3.54. The topological polar surface area (TPSA) is 75.7 Å². The van der Waals surface area contributed by atoms with Crippen molar-refractivity contribution in [3.05, 3.63) is 59.7 Å². The molecule has 7 heteroatoms. The maximum absolute atomic E-state index is 12.9. The summed E-state index contributed by atoms with van der Waals surface area (Å²) >= 11 is 0. The van der Waals surface area contributed by atoms with E-state index in [4.69, 9.17) is 4.74 Å². The normalized spacial score (nSPS) is 18.6. The van der Waals surface area contributed by atoms with Crippen LogP contribution in [-0.4, -0.2) is 44.4 Å². The van der Waals surface area contributed by atoms with Crippen molar-refractivity contribution in [2.45, 2.75) is 44.6 Å². The summed E-state index contributed by atoms with van der Waals surface area (Å²) in [4.78, 5) is 13.0.